The van der Waals surface area contributed by atoms with Gasteiger partial charge in [0.25, 0.3) is 5.69 Å². The number of rotatable bonds is 5. The number of nitro benzene ring substituents is 1. The summed E-state index contributed by atoms with van der Waals surface area (Å²) in [5.41, 5.74) is 0.922. The molecule has 0 radical (unpaired) electrons. The Morgan fingerprint density at radius 2 is 1.96 bits per heavy atom. The number of nitrogens with zero attached hydrogens (tertiary/aromatic N) is 1. The van der Waals surface area contributed by atoms with E-state index < -0.39 is 4.92 Å². The van der Waals surface area contributed by atoms with Gasteiger partial charge in [-0.2, -0.15) is 0 Å². The first kappa shape index (κ1) is 17.1. The minimum absolute atomic E-state index is 0.0804. The molecule has 120 valence electrons. The second-order valence-electron chi connectivity index (χ2n) is 4.62. The fourth-order valence-corrected chi connectivity index (χ4v) is 2.25. The number of halogens is 2. The third-order valence-corrected chi connectivity index (χ3v) is 3.76. The summed E-state index contributed by atoms with van der Waals surface area (Å²) in [6.45, 7) is 0. The van der Waals surface area contributed by atoms with E-state index in [1.807, 2.05) is 0 Å². The first-order valence-corrected chi connectivity index (χ1v) is 7.22. The summed E-state index contributed by atoms with van der Waals surface area (Å²) in [4.78, 5) is 22.3. The van der Waals surface area contributed by atoms with E-state index in [2.05, 4.69) is 5.32 Å². The normalized spacial score (nSPS) is 10.2. The lowest BCUT2D eigenvalue weighted by Gasteiger charge is -2.10. The average Bonchev–Trinajstić information content (AvgIpc) is 2.51. The van der Waals surface area contributed by atoms with E-state index in [1.54, 1.807) is 18.2 Å². The summed E-state index contributed by atoms with van der Waals surface area (Å²) in [6, 6.07) is 8.87. The second kappa shape index (κ2) is 7.30. The molecule has 2 rings (SSSR count). The number of benzene rings is 2. The average molecular weight is 355 g/mol. The Balaban J connectivity index is 2.13. The SMILES string of the molecule is COc1cc([N+](=O)[O-])ccc1NC(=O)Cc1ccc(Cl)c(Cl)c1. The quantitative estimate of drug-likeness (QED) is 0.647. The number of carbonyl (C=O) groups excluding carboxylic acids is 1. The van der Waals surface area contributed by atoms with Crippen molar-refractivity contribution in [2.45, 2.75) is 6.42 Å². The maximum atomic E-state index is 12.1. The Bertz CT molecular complexity index is 765. The molecule has 2 aromatic rings. The van der Waals surface area contributed by atoms with E-state index in [4.69, 9.17) is 27.9 Å². The zero-order valence-electron chi connectivity index (χ0n) is 12.0. The van der Waals surface area contributed by atoms with Crippen molar-refractivity contribution in [1.82, 2.24) is 0 Å². The van der Waals surface area contributed by atoms with Crippen LogP contribution in [0.3, 0.4) is 0 Å². The topological polar surface area (TPSA) is 81.5 Å². The van der Waals surface area contributed by atoms with Gasteiger partial charge < -0.3 is 10.1 Å². The van der Waals surface area contributed by atoms with Gasteiger partial charge in [-0.1, -0.05) is 29.3 Å². The number of nitrogens with one attached hydrogen (secondary N) is 1. The fourth-order valence-electron chi connectivity index (χ4n) is 1.93. The van der Waals surface area contributed by atoms with Crippen LogP contribution in [0, 0.1) is 10.1 Å². The molecule has 0 aliphatic heterocycles. The molecule has 0 aliphatic rings. The van der Waals surface area contributed by atoms with E-state index in [1.165, 1.54) is 25.3 Å². The van der Waals surface area contributed by atoms with Gasteiger partial charge in [-0.05, 0) is 23.8 Å². The number of anilines is 1. The van der Waals surface area contributed by atoms with Crippen LogP contribution in [-0.4, -0.2) is 17.9 Å². The van der Waals surface area contributed by atoms with Gasteiger partial charge >= 0.3 is 0 Å². The molecule has 2 aromatic carbocycles. The van der Waals surface area contributed by atoms with Crippen LogP contribution in [0.2, 0.25) is 10.0 Å². The third kappa shape index (κ3) is 4.34. The lowest BCUT2D eigenvalue weighted by molar-refractivity contribution is -0.384. The van der Waals surface area contributed by atoms with Gasteiger partial charge in [0.2, 0.25) is 5.91 Å². The fraction of sp³-hybridized carbons (Fsp3) is 0.133. The Hall–Kier alpha value is -2.31. The van der Waals surface area contributed by atoms with E-state index in [0.29, 0.717) is 21.3 Å². The van der Waals surface area contributed by atoms with Crippen molar-refractivity contribution in [2.75, 3.05) is 12.4 Å². The summed E-state index contributed by atoms with van der Waals surface area (Å²) in [5.74, 6) is -0.0998. The van der Waals surface area contributed by atoms with Crippen molar-refractivity contribution in [1.29, 1.82) is 0 Å². The minimum atomic E-state index is -0.538. The number of methoxy groups -OCH3 is 1. The number of amides is 1. The number of hydrogen-bond acceptors (Lipinski definition) is 4. The van der Waals surface area contributed by atoms with Crippen LogP contribution in [-0.2, 0) is 11.2 Å². The monoisotopic (exact) mass is 354 g/mol. The third-order valence-electron chi connectivity index (χ3n) is 3.02. The summed E-state index contributed by atoms with van der Waals surface area (Å²) < 4.78 is 5.06. The highest BCUT2D eigenvalue weighted by molar-refractivity contribution is 6.42. The molecule has 0 aromatic heterocycles. The van der Waals surface area contributed by atoms with Crippen molar-refractivity contribution in [3.63, 3.8) is 0 Å². The number of ether oxygens (including phenoxy) is 1. The molecule has 0 atom stereocenters. The summed E-state index contributed by atoms with van der Waals surface area (Å²) >= 11 is 11.7. The van der Waals surface area contributed by atoms with Gasteiger partial charge in [-0.3, -0.25) is 14.9 Å². The predicted molar refractivity (Wildman–Crippen MR) is 88.4 cm³/mol. The van der Waals surface area contributed by atoms with E-state index in [0.717, 1.165) is 0 Å². The zero-order chi connectivity index (χ0) is 17.0. The lowest BCUT2D eigenvalue weighted by atomic mass is 10.1. The number of carbonyl (C=O) groups is 1. The molecule has 6 nitrogen and oxygen atoms in total. The van der Waals surface area contributed by atoms with Crippen LogP contribution in [0.25, 0.3) is 0 Å². The molecule has 0 unspecified atom stereocenters. The van der Waals surface area contributed by atoms with Crippen LogP contribution >= 0.6 is 23.2 Å². The van der Waals surface area contributed by atoms with Crippen molar-refractivity contribution >= 4 is 40.5 Å². The molecule has 0 saturated carbocycles. The molecular formula is C15H12Cl2N2O4. The van der Waals surface area contributed by atoms with Gasteiger partial charge in [0, 0.05) is 6.07 Å². The maximum absolute atomic E-state index is 12.1. The van der Waals surface area contributed by atoms with Crippen LogP contribution < -0.4 is 10.1 Å². The van der Waals surface area contributed by atoms with Crippen molar-refractivity contribution in [3.05, 3.63) is 62.1 Å². The standard InChI is InChI=1S/C15H12Cl2N2O4/c1-23-14-8-10(19(21)22)3-5-13(14)18-15(20)7-9-2-4-11(16)12(17)6-9/h2-6,8H,7H2,1H3,(H,18,20). The number of hydrogen-bond donors (Lipinski definition) is 1. The predicted octanol–water partition coefficient (Wildman–Crippen LogP) is 4.09. The highest BCUT2D eigenvalue weighted by Gasteiger charge is 2.14. The van der Waals surface area contributed by atoms with Gasteiger partial charge in [-0.25, -0.2) is 0 Å². The summed E-state index contributed by atoms with van der Waals surface area (Å²) in [6.07, 6.45) is 0.0804. The van der Waals surface area contributed by atoms with Gasteiger partial charge in [0.15, 0.2) is 0 Å². The summed E-state index contributed by atoms with van der Waals surface area (Å²) in [7, 11) is 1.37. The maximum Gasteiger partial charge on any atom is 0.273 e. The first-order chi connectivity index (χ1) is 10.9. The first-order valence-electron chi connectivity index (χ1n) is 6.47. The van der Waals surface area contributed by atoms with Gasteiger partial charge in [0.1, 0.15) is 5.75 Å². The van der Waals surface area contributed by atoms with Crippen LogP contribution in [0.4, 0.5) is 11.4 Å². The highest BCUT2D eigenvalue weighted by Crippen LogP contribution is 2.29. The van der Waals surface area contributed by atoms with Crippen LogP contribution in [0.15, 0.2) is 36.4 Å². The number of non-ortho nitro benzene ring substituents is 1. The number of nitro groups is 1. The van der Waals surface area contributed by atoms with Gasteiger partial charge in [0.05, 0.1) is 40.3 Å². The second-order valence-corrected chi connectivity index (χ2v) is 5.43. The molecule has 0 fully saturated rings. The Morgan fingerprint density at radius 3 is 2.57 bits per heavy atom. The van der Waals surface area contributed by atoms with Crippen molar-refractivity contribution < 1.29 is 14.5 Å². The van der Waals surface area contributed by atoms with Crippen molar-refractivity contribution in [3.8, 4) is 5.75 Å². The molecule has 0 heterocycles. The van der Waals surface area contributed by atoms with E-state index in [-0.39, 0.29) is 23.8 Å². The molecule has 0 saturated heterocycles. The largest absolute Gasteiger partial charge is 0.494 e. The Kier molecular flexibility index (Phi) is 5.41. The molecule has 0 bridgehead atoms. The molecule has 0 aliphatic carbocycles. The molecular weight excluding hydrogens is 343 g/mol. The molecule has 1 amide bonds. The van der Waals surface area contributed by atoms with Crippen LogP contribution in [0.1, 0.15) is 5.56 Å². The molecule has 1 N–H and O–H groups in total. The van der Waals surface area contributed by atoms with E-state index >= 15 is 0 Å². The lowest BCUT2D eigenvalue weighted by Crippen LogP contribution is -2.15. The minimum Gasteiger partial charge on any atom is -0.494 e. The highest BCUT2D eigenvalue weighted by atomic mass is 35.5. The zero-order valence-corrected chi connectivity index (χ0v) is 13.5. The van der Waals surface area contributed by atoms with Crippen molar-refractivity contribution in [2.24, 2.45) is 0 Å². The Morgan fingerprint density at radius 1 is 1.22 bits per heavy atom. The van der Waals surface area contributed by atoms with E-state index in [9.17, 15) is 14.9 Å². The smallest absolute Gasteiger partial charge is 0.273 e. The van der Waals surface area contributed by atoms with Crippen LogP contribution in [0.5, 0.6) is 5.75 Å². The molecule has 23 heavy (non-hydrogen) atoms. The molecule has 8 heteroatoms. The Labute approximate surface area is 142 Å². The van der Waals surface area contributed by atoms with Gasteiger partial charge in [-0.15, -0.1) is 0 Å². The summed E-state index contributed by atoms with van der Waals surface area (Å²) in [5, 5.41) is 14.2. The molecule has 0 spiro atoms.